The standard InChI is InChI=1S/C24H25F4N5O3/c1-12(9-35-23(25)26)33-20(8-32-10-24(27,28)11-32)30-18-7-29-17-5-16(21-13(2)31-36-14(21)3)19(34-4)6-15(17)22(18)33/h5-7,12,23H,8-11H2,1-4H3. The van der Waals surface area contributed by atoms with Gasteiger partial charge in [-0.2, -0.15) is 8.78 Å². The molecule has 1 fully saturated rings. The van der Waals surface area contributed by atoms with Gasteiger partial charge in [-0.1, -0.05) is 5.16 Å². The zero-order valence-corrected chi connectivity index (χ0v) is 20.2. The highest BCUT2D eigenvalue weighted by Gasteiger charge is 2.44. The lowest BCUT2D eigenvalue weighted by Crippen LogP contribution is -2.55. The second-order valence-corrected chi connectivity index (χ2v) is 9.10. The van der Waals surface area contributed by atoms with Crippen LogP contribution in [0.3, 0.4) is 0 Å². The predicted molar refractivity (Wildman–Crippen MR) is 123 cm³/mol. The van der Waals surface area contributed by atoms with E-state index >= 15 is 0 Å². The van der Waals surface area contributed by atoms with Gasteiger partial charge in [0.05, 0.1) is 67.9 Å². The Morgan fingerprint density at radius 2 is 1.92 bits per heavy atom. The molecule has 3 aromatic heterocycles. The van der Waals surface area contributed by atoms with Crippen LogP contribution in [0.25, 0.3) is 33.1 Å². The number of imidazole rings is 1. The van der Waals surface area contributed by atoms with Gasteiger partial charge < -0.3 is 18.6 Å². The molecule has 0 N–H and O–H groups in total. The van der Waals surface area contributed by atoms with Crippen molar-refractivity contribution >= 4 is 21.9 Å². The number of halogens is 4. The summed E-state index contributed by atoms with van der Waals surface area (Å²) < 4.78 is 70.0. The fourth-order valence-electron chi connectivity index (χ4n) is 4.88. The number of fused-ring (bicyclic) bond motifs is 3. The molecule has 1 aliphatic rings. The summed E-state index contributed by atoms with van der Waals surface area (Å²) in [4.78, 5) is 10.8. The summed E-state index contributed by atoms with van der Waals surface area (Å²) in [5.74, 6) is -1.10. The van der Waals surface area contributed by atoms with Crippen molar-refractivity contribution in [2.24, 2.45) is 0 Å². The first-order valence-corrected chi connectivity index (χ1v) is 11.4. The van der Waals surface area contributed by atoms with E-state index in [-0.39, 0.29) is 26.2 Å². The number of likely N-dealkylation sites (tertiary alicyclic amines) is 1. The molecule has 1 unspecified atom stereocenters. The number of ether oxygens (including phenoxy) is 2. The number of aromatic nitrogens is 4. The Morgan fingerprint density at radius 1 is 1.17 bits per heavy atom. The maximum Gasteiger partial charge on any atom is 0.345 e. The molecule has 36 heavy (non-hydrogen) atoms. The molecular weight excluding hydrogens is 482 g/mol. The van der Waals surface area contributed by atoms with Crippen LogP contribution in [0.1, 0.15) is 30.2 Å². The highest BCUT2D eigenvalue weighted by Crippen LogP contribution is 2.40. The van der Waals surface area contributed by atoms with Gasteiger partial charge in [0.2, 0.25) is 0 Å². The Hall–Kier alpha value is -3.25. The third kappa shape index (κ3) is 4.28. The number of benzene rings is 1. The number of methoxy groups -OCH3 is 1. The number of hydrogen-bond acceptors (Lipinski definition) is 7. The molecular formula is C24H25F4N5O3. The van der Waals surface area contributed by atoms with Crippen LogP contribution in [0.4, 0.5) is 17.6 Å². The van der Waals surface area contributed by atoms with Gasteiger partial charge in [-0.05, 0) is 32.9 Å². The Bertz CT molecular complexity index is 1410. The van der Waals surface area contributed by atoms with Gasteiger partial charge in [0.1, 0.15) is 22.9 Å². The average Bonchev–Trinajstić information content (AvgIpc) is 3.34. The normalized spacial score (nSPS) is 16.7. The second-order valence-electron chi connectivity index (χ2n) is 9.10. The average molecular weight is 507 g/mol. The van der Waals surface area contributed by atoms with E-state index in [1.54, 1.807) is 36.6 Å². The Labute approximate surface area is 203 Å². The minimum Gasteiger partial charge on any atom is -0.496 e. The van der Waals surface area contributed by atoms with Crippen LogP contribution in [-0.4, -0.2) is 63.9 Å². The summed E-state index contributed by atoms with van der Waals surface area (Å²) in [6, 6.07) is 3.11. The van der Waals surface area contributed by atoms with E-state index in [1.165, 1.54) is 0 Å². The van der Waals surface area contributed by atoms with Gasteiger partial charge in [-0.25, -0.2) is 13.8 Å². The molecule has 192 valence electrons. The summed E-state index contributed by atoms with van der Waals surface area (Å²) in [5, 5.41) is 4.70. The van der Waals surface area contributed by atoms with Gasteiger partial charge in [0.25, 0.3) is 5.92 Å². The second kappa shape index (κ2) is 9.00. The molecule has 0 spiro atoms. The summed E-state index contributed by atoms with van der Waals surface area (Å²) in [6.45, 7) is 1.51. The molecule has 8 nitrogen and oxygen atoms in total. The lowest BCUT2D eigenvalue weighted by atomic mass is 10.0. The Kier molecular flexibility index (Phi) is 6.11. The number of alkyl halides is 4. The molecule has 4 heterocycles. The molecule has 0 aliphatic carbocycles. The number of nitrogens with zero attached hydrogens (tertiary/aromatic N) is 5. The zero-order valence-electron chi connectivity index (χ0n) is 20.2. The van der Waals surface area contributed by atoms with Crippen LogP contribution < -0.4 is 4.74 Å². The molecule has 0 radical (unpaired) electrons. The summed E-state index contributed by atoms with van der Waals surface area (Å²) in [6.07, 6.45) is 1.59. The monoisotopic (exact) mass is 507 g/mol. The molecule has 0 bridgehead atoms. The van der Waals surface area contributed by atoms with E-state index in [1.807, 2.05) is 19.1 Å². The molecule has 4 aromatic rings. The van der Waals surface area contributed by atoms with E-state index in [4.69, 9.17) is 9.26 Å². The van der Waals surface area contributed by atoms with Crippen molar-refractivity contribution < 1.29 is 31.6 Å². The number of aryl methyl sites for hydroxylation is 2. The first kappa shape index (κ1) is 24.4. The maximum atomic E-state index is 13.5. The number of pyridine rings is 1. The first-order chi connectivity index (χ1) is 17.1. The van der Waals surface area contributed by atoms with Crippen molar-refractivity contribution in [3.63, 3.8) is 0 Å². The van der Waals surface area contributed by atoms with Gasteiger partial charge in [-0.3, -0.25) is 9.88 Å². The van der Waals surface area contributed by atoms with Gasteiger partial charge in [-0.15, -0.1) is 0 Å². The van der Waals surface area contributed by atoms with Crippen molar-refractivity contribution in [2.45, 2.75) is 45.9 Å². The lowest BCUT2D eigenvalue weighted by molar-refractivity contribution is -0.138. The van der Waals surface area contributed by atoms with Crippen LogP contribution in [0.2, 0.25) is 0 Å². The summed E-state index contributed by atoms with van der Waals surface area (Å²) >= 11 is 0. The Balaban J connectivity index is 1.68. The lowest BCUT2D eigenvalue weighted by Gasteiger charge is -2.38. The first-order valence-electron chi connectivity index (χ1n) is 11.4. The molecule has 5 rings (SSSR count). The smallest absolute Gasteiger partial charge is 0.345 e. The molecule has 1 saturated heterocycles. The van der Waals surface area contributed by atoms with Crippen LogP contribution in [0.5, 0.6) is 5.75 Å². The highest BCUT2D eigenvalue weighted by atomic mass is 19.3. The van der Waals surface area contributed by atoms with E-state index in [2.05, 4.69) is 19.9 Å². The number of hydrogen-bond donors (Lipinski definition) is 0. The van der Waals surface area contributed by atoms with E-state index in [0.717, 1.165) is 11.1 Å². The fourth-order valence-corrected chi connectivity index (χ4v) is 4.88. The third-order valence-electron chi connectivity index (χ3n) is 6.39. The van der Waals surface area contributed by atoms with Crippen LogP contribution >= 0.6 is 0 Å². The quantitative estimate of drug-likeness (QED) is 0.307. The van der Waals surface area contributed by atoms with E-state index in [9.17, 15) is 17.6 Å². The zero-order chi connectivity index (χ0) is 25.8. The van der Waals surface area contributed by atoms with Gasteiger partial charge >= 0.3 is 6.61 Å². The molecule has 1 aromatic carbocycles. The largest absolute Gasteiger partial charge is 0.496 e. The predicted octanol–water partition coefficient (Wildman–Crippen LogP) is 5.12. The van der Waals surface area contributed by atoms with Crippen molar-refractivity contribution in [1.29, 1.82) is 0 Å². The van der Waals surface area contributed by atoms with Gasteiger partial charge in [0, 0.05) is 10.9 Å². The summed E-state index contributed by atoms with van der Waals surface area (Å²) in [7, 11) is 1.54. The molecule has 0 amide bonds. The fraction of sp³-hybridized carbons (Fsp3) is 0.458. The van der Waals surface area contributed by atoms with Crippen LogP contribution in [0.15, 0.2) is 22.9 Å². The van der Waals surface area contributed by atoms with Crippen molar-refractivity contribution in [2.75, 3.05) is 26.8 Å². The minimum atomic E-state index is -2.93. The van der Waals surface area contributed by atoms with Crippen molar-refractivity contribution in [1.82, 2.24) is 24.6 Å². The highest BCUT2D eigenvalue weighted by molar-refractivity contribution is 6.05. The van der Waals surface area contributed by atoms with Crippen LogP contribution in [-0.2, 0) is 11.3 Å². The van der Waals surface area contributed by atoms with Gasteiger partial charge in [0.15, 0.2) is 0 Å². The molecule has 1 aliphatic heterocycles. The Morgan fingerprint density at radius 3 is 2.53 bits per heavy atom. The minimum absolute atomic E-state index is 0.138. The molecule has 12 heteroatoms. The van der Waals surface area contributed by atoms with E-state index < -0.39 is 18.6 Å². The SMILES string of the molecule is COc1cc2c(cc1-c1c(C)noc1C)ncc1nc(CN3CC(F)(F)C3)n(C(C)COC(F)F)c12. The summed E-state index contributed by atoms with van der Waals surface area (Å²) in [5.41, 5.74) is 4.00. The molecule has 1 atom stereocenters. The number of rotatable bonds is 8. The van der Waals surface area contributed by atoms with Crippen LogP contribution in [0, 0.1) is 13.8 Å². The molecule has 0 saturated carbocycles. The van der Waals surface area contributed by atoms with E-state index in [0.29, 0.717) is 45.0 Å². The third-order valence-corrected chi connectivity index (χ3v) is 6.39. The maximum absolute atomic E-state index is 13.5. The topological polar surface area (TPSA) is 78.4 Å². The van der Waals surface area contributed by atoms with Crippen molar-refractivity contribution in [3.8, 4) is 16.9 Å². The van der Waals surface area contributed by atoms with Crippen molar-refractivity contribution in [3.05, 3.63) is 35.6 Å².